The summed E-state index contributed by atoms with van der Waals surface area (Å²) in [4.78, 5) is 0. The first-order chi connectivity index (χ1) is 7.36. The Bertz CT molecular complexity index is 438. The van der Waals surface area contributed by atoms with Gasteiger partial charge in [-0.1, -0.05) is 12.1 Å². The number of anilines is 1. The van der Waals surface area contributed by atoms with Crippen LogP contribution in [-0.2, 0) is 16.6 Å². The molecule has 1 aromatic carbocycles. The third-order valence-electron chi connectivity index (χ3n) is 2.22. The highest BCUT2D eigenvalue weighted by Crippen LogP contribution is 2.20. The van der Waals surface area contributed by atoms with E-state index in [1.165, 1.54) is 10.6 Å². The molecule has 0 amide bonds. The van der Waals surface area contributed by atoms with E-state index in [-0.39, 0.29) is 12.6 Å². The van der Waals surface area contributed by atoms with Crippen LogP contribution in [0.25, 0.3) is 0 Å². The third kappa shape index (κ3) is 2.96. The Labute approximate surface area is 97.1 Å². The van der Waals surface area contributed by atoms with E-state index >= 15 is 0 Å². The van der Waals surface area contributed by atoms with Crippen molar-refractivity contribution in [1.82, 2.24) is 5.73 Å². The van der Waals surface area contributed by atoms with Gasteiger partial charge in [-0.3, -0.25) is 10.0 Å². The van der Waals surface area contributed by atoms with Crippen molar-refractivity contribution in [2.75, 3.05) is 10.6 Å². The predicted octanol–water partition coefficient (Wildman–Crippen LogP) is 1.64. The second kappa shape index (κ2) is 4.84. The van der Waals surface area contributed by atoms with E-state index in [1.807, 2.05) is 13.8 Å². The molecule has 1 rings (SSSR count). The van der Waals surface area contributed by atoms with Crippen LogP contribution in [-0.4, -0.2) is 20.7 Å². The maximum atomic E-state index is 11.6. The van der Waals surface area contributed by atoms with E-state index in [4.69, 9.17) is 5.73 Å². The van der Waals surface area contributed by atoms with Crippen LogP contribution < -0.4 is 10.0 Å². The molecule has 0 aliphatic heterocycles. The Kier molecular flexibility index (Phi) is 3.93. The Morgan fingerprint density at radius 3 is 2.06 bits per heavy atom. The zero-order valence-corrected chi connectivity index (χ0v) is 10.6. The average molecular weight is 241 g/mol. The minimum Gasteiger partial charge on any atom is -0.268 e. The Hall–Kier alpha value is -1.07. The summed E-state index contributed by atoms with van der Waals surface area (Å²) < 4.78 is 24.6. The van der Waals surface area contributed by atoms with Gasteiger partial charge in [-0.05, 0) is 31.5 Å². The van der Waals surface area contributed by atoms with Gasteiger partial charge in [0.15, 0.2) is 0 Å². The van der Waals surface area contributed by atoms with Crippen molar-refractivity contribution in [1.29, 1.82) is 0 Å². The van der Waals surface area contributed by atoms with E-state index in [1.54, 1.807) is 24.3 Å². The molecule has 0 aliphatic carbocycles. The van der Waals surface area contributed by atoms with Gasteiger partial charge in [0.1, 0.15) is 0 Å². The van der Waals surface area contributed by atoms with Gasteiger partial charge in [0.2, 0.25) is 10.0 Å². The molecule has 0 heterocycles. The van der Waals surface area contributed by atoms with E-state index in [9.17, 15) is 8.42 Å². The second-order valence-electron chi connectivity index (χ2n) is 4.00. The van der Waals surface area contributed by atoms with Crippen LogP contribution in [0, 0.1) is 0 Å². The fourth-order valence-electron chi connectivity index (χ4n) is 1.63. The quantitative estimate of drug-likeness (QED) is 0.804. The van der Waals surface area contributed by atoms with Crippen molar-refractivity contribution >= 4 is 15.7 Å². The van der Waals surface area contributed by atoms with Gasteiger partial charge in [-0.2, -0.15) is 0 Å². The number of sulfonamides is 1. The molecule has 0 saturated heterocycles. The van der Waals surface area contributed by atoms with Crippen LogP contribution >= 0.6 is 0 Å². The molecule has 0 atom stereocenters. The van der Waals surface area contributed by atoms with Crippen molar-refractivity contribution in [3.63, 3.8) is 0 Å². The molecule has 0 fully saturated rings. The highest BCUT2D eigenvalue weighted by Gasteiger charge is 2.20. The number of benzene rings is 1. The lowest BCUT2D eigenvalue weighted by molar-refractivity contribution is 0.590. The Morgan fingerprint density at radius 1 is 1.25 bits per heavy atom. The van der Waals surface area contributed by atoms with E-state index < -0.39 is 10.0 Å². The summed E-state index contributed by atoms with van der Waals surface area (Å²) >= 11 is 0. The van der Waals surface area contributed by atoms with Crippen LogP contribution in [0.4, 0.5) is 5.69 Å². The number of nitrogens with one attached hydrogen (secondary N) is 1. The number of hydrogen-bond acceptors (Lipinski definition) is 2. The number of nitrogens with zero attached hydrogens (tertiary/aromatic N) is 1. The summed E-state index contributed by atoms with van der Waals surface area (Å²) in [6, 6.07) is 6.93. The van der Waals surface area contributed by atoms with Crippen LogP contribution in [0.5, 0.6) is 0 Å². The SMILES string of the molecule is CC(C)N(c1ccc(C[NH])cc1)S(C)(=O)=O. The standard InChI is InChI=1S/C11H17N2O2S/c1-9(2)13(16(3,14)15)11-6-4-10(8-12)5-7-11/h4-7,9,12H,8H2,1-3H3. The first-order valence-electron chi connectivity index (χ1n) is 5.09. The molecule has 5 heteroatoms. The molecular formula is C11H17N2O2S. The molecule has 0 aliphatic rings. The maximum Gasteiger partial charge on any atom is 0.232 e. The zero-order valence-electron chi connectivity index (χ0n) is 9.77. The van der Waals surface area contributed by atoms with E-state index in [0.717, 1.165) is 5.56 Å². The monoisotopic (exact) mass is 241 g/mol. The van der Waals surface area contributed by atoms with E-state index in [0.29, 0.717) is 5.69 Å². The van der Waals surface area contributed by atoms with Crippen molar-refractivity contribution in [2.45, 2.75) is 26.4 Å². The minimum absolute atomic E-state index is 0.114. The topological polar surface area (TPSA) is 61.2 Å². The fraction of sp³-hybridized carbons (Fsp3) is 0.455. The van der Waals surface area contributed by atoms with Gasteiger partial charge in [0.05, 0.1) is 11.9 Å². The molecule has 1 radical (unpaired) electrons. The molecule has 0 saturated carbocycles. The largest absolute Gasteiger partial charge is 0.268 e. The summed E-state index contributed by atoms with van der Waals surface area (Å²) in [6.45, 7) is 3.87. The lowest BCUT2D eigenvalue weighted by Gasteiger charge is -2.26. The van der Waals surface area contributed by atoms with Gasteiger partial charge in [-0.25, -0.2) is 8.42 Å². The van der Waals surface area contributed by atoms with Crippen molar-refractivity contribution < 1.29 is 8.42 Å². The van der Waals surface area contributed by atoms with Crippen LogP contribution in [0.1, 0.15) is 19.4 Å². The Balaban J connectivity index is 3.13. The fourth-order valence-corrected chi connectivity index (χ4v) is 2.90. The maximum absolute atomic E-state index is 11.6. The number of hydrogen-bond donors (Lipinski definition) is 0. The highest BCUT2D eigenvalue weighted by atomic mass is 32.2. The summed E-state index contributed by atoms with van der Waals surface area (Å²) in [7, 11) is -3.25. The molecular weight excluding hydrogens is 224 g/mol. The first kappa shape index (κ1) is 13.0. The molecule has 89 valence electrons. The molecule has 4 nitrogen and oxygen atoms in total. The minimum atomic E-state index is -3.25. The Morgan fingerprint density at radius 2 is 1.75 bits per heavy atom. The van der Waals surface area contributed by atoms with Crippen LogP contribution in [0.15, 0.2) is 24.3 Å². The van der Waals surface area contributed by atoms with Gasteiger partial charge in [0.25, 0.3) is 0 Å². The summed E-state index contributed by atoms with van der Waals surface area (Å²) in [5.41, 5.74) is 8.72. The van der Waals surface area contributed by atoms with Crippen molar-refractivity contribution in [3.8, 4) is 0 Å². The van der Waals surface area contributed by atoms with Gasteiger partial charge < -0.3 is 0 Å². The molecule has 1 N–H and O–H groups in total. The highest BCUT2D eigenvalue weighted by molar-refractivity contribution is 7.92. The van der Waals surface area contributed by atoms with Gasteiger partial charge in [-0.15, -0.1) is 0 Å². The first-order valence-corrected chi connectivity index (χ1v) is 6.94. The van der Waals surface area contributed by atoms with E-state index in [2.05, 4.69) is 0 Å². The number of rotatable bonds is 4. The molecule has 0 unspecified atom stereocenters. The second-order valence-corrected chi connectivity index (χ2v) is 5.86. The van der Waals surface area contributed by atoms with Crippen LogP contribution in [0.2, 0.25) is 0 Å². The lowest BCUT2D eigenvalue weighted by atomic mass is 10.2. The predicted molar refractivity (Wildman–Crippen MR) is 65.7 cm³/mol. The molecule has 0 aromatic heterocycles. The smallest absolute Gasteiger partial charge is 0.232 e. The third-order valence-corrected chi connectivity index (χ3v) is 3.57. The van der Waals surface area contributed by atoms with Crippen molar-refractivity contribution in [2.24, 2.45) is 0 Å². The molecule has 1 aromatic rings. The summed E-state index contributed by atoms with van der Waals surface area (Å²) in [6.07, 6.45) is 1.20. The zero-order chi connectivity index (χ0) is 12.3. The van der Waals surface area contributed by atoms with Crippen LogP contribution in [0.3, 0.4) is 0 Å². The lowest BCUT2D eigenvalue weighted by Crippen LogP contribution is -2.36. The van der Waals surface area contributed by atoms with Gasteiger partial charge in [0, 0.05) is 12.6 Å². The summed E-state index contributed by atoms with van der Waals surface area (Å²) in [5.74, 6) is 0. The summed E-state index contributed by atoms with van der Waals surface area (Å²) in [5, 5.41) is 0. The normalized spacial score (nSPS) is 11.8. The molecule has 16 heavy (non-hydrogen) atoms. The van der Waals surface area contributed by atoms with Gasteiger partial charge >= 0.3 is 0 Å². The average Bonchev–Trinajstić information content (AvgIpc) is 2.16. The molecule has 0 bridgehead atoms. The molecule has 0 spiro atoms. The van der Waals surface area contributed by atoms with Crippen molar-refractivity contribution in [3.05, 3.63) is 29.8 Å².